The number of hydrogen-bond donors (Lipinski definition) is 3. The molecule has 0 saturated heterocycles. The van der Waals surface area contributed by atoms with Crippen molar-refractivity contribution in [1.82, 2.24) is 10.7 Å². The Hall–Kier alpha value is -2.87. The Kier molecular flexibility index (Phi) is 7.16. The van der Waals surface area contributed by atoms with Crippen LogP contribution < -0.4 is 15.5 Å². The first-order valence-corrected chi connectivity index (χ1v) is 8.61. The number of carbonyl (C=O) groups is 2. The smallest absolute Gasteiger partial charge is 0.259 e. The van der Waals surface area contributed by atoms with E-state index in [0.29, 0.717) is 28.0 Å². The van der Waals surface area contributed by atoms with Gasteiger partial charge in [0, 0.05) is 4.47 Å². The van der Waals surface area contributed by atoms with Crippen molar-refractivity contribution in [2.75, 3.05) is 13.2 Å². The Bertz CT molecular complexity index is 824. The molecule has 0 saturated carbocycles. The van der Waals surface area contributed by atoms with Gasteiger partial charge in [-0.3, -0.25) is 9.59 Å². The summed E-state index contributed by atoms with van der Waals surface area (Å²) in [5, 5.41) is 16.0. The molecular weight excluding hydrogens is 402 g/mol. The molecular formula is C18H18BrN3O4. The minimum absolute atomic E-state index is 0.0304. The summed E-state index contributed by atoms with van der Waals surface area (Å²) in [6.07, 6.45) is 1.41. The molecule has 0 atom stereocenters. The van der Waals surface area contributed by atoms with Crippen molar-refractivity contribution in [1.29, 1.82) is 0 Å². The first kappa shape index (κ1) is 19.5. The van der Waals surface area contributed by atoms with E-state index in [1.807, 2.05) is 6.92 Å². The van der Waals surface area contributed by atoms with E-state index >= 15 is 0 Å². The zero-order valence-corrected chi connectivity index (χ0v) is 15.6. The summed E-state index contributed by atoms with van der Waals surface area (Å²) in [7, 11) is 0. The van der Waals surface area contributed by atoms with E-state index in [4.69, 9.17) is 4.74 Å². The fourth-order valence-electron chi connectivity index (χ4n) is 2.00. The first-order valence-electron chi connectivity index (χ1n) is 7.81. The molecule has 0 aromatic heterocycles. The van der Waals surface area contributed by atoms with Crippen molar-refractivity contribution in [2.24, 2.45) is 5.10 Å². The van der Waals surface area contributed by atoms with Crippen molar-refractivity contribution in [3.63, 3.8) is 0 Å². The number of nitrogens with zero attached hydrogens (tertiary/aromatic N) is 1. The van der Waals surface area contributed by atoms with Gasteiger partial charge in [-0.15, -0.1) is 0 Å². The summed E-state index contributed by atoms with van der Waals surface area (Å²) in [5.74, 6) is -0.465. The third kappa shape index (κ3) is 5.59. The number of amides is 2. The van der Waals surface area contributed by atoms with Crippen LogP contribution in [0.4, 0.5) is 0 Å². The Morgan fingerprint density at radius 3 is 2.77 bits per heavy atom. The maximum atomic E-state index is 12.0. The molecule has 26 heavy (non-hydrogen) atoms. The quantitative estimate of drug-likeness (QED) is 0.473. The molecule has 2 aromatic carbocycles. The van der Waals surface area contributed by atoms with Gasteiger partial charge >= 0.3 is 0 Å². The Labute approximate surface area is 159 Å². The molecule has 0 fully saturated rings. The summed E-state index contributed by atoms with van der Waals surface area (Å²) in [6, 6.07) is 11.6. The van der Waals surface area contributed by atoms with Gasteiger partial charge < -0.3 is 15.2 Å². The largest absolute Gasteiger partial charge is 0.504 e. The fraction of sp³-hybridized carbons (Fsp3) is 0.167. The fourth-order valence-corrected chi connectivity index (χ4v) is 2.47. The van der Waals surface area contributed by atoms with Gasteiger partial charge in [-0.2, -0.15) is 5.10 Å². The number of rotatable bonds is 7. The molecule has 3 N–H and O–H groups in total. The number of phenols is 1. The second-order valence-corrected chi connectivity index (χ2v) is 5.97. The van der Waals surface area contributed by atoms with E-state index in [-0.39, 0.29) is 18.2 Å². The van der Waals surface area contributed by atoms with E-state index in [0.717, 1.165) is 0 Å². The van der Waals surface area contributed by atoms with Gasteiger partial charge in [0.2, 0.25) is 0 Å². The van der Waals surface area contributed by atoms with E-state index in [1.165, 1.54) is 12.3 Å². The van der Waals surface area contributed by atoms with Crippen molar-refractivity contribution in [3.05, 3.63) is 58.1 Å². The van der Waals surface area contributed by atoms with E-state index in [1.54, 1.807) is 36.4 Å². The van der Waals surface area contributed by atoms with Crippen LogP contribution in [0.25, 0.3) is 0 Å². The predicted molar refractivity (Wildman–Crippen MR) is 101 cm³/mol. The molecule has 0 radical (unpaired) electrons. The van der Waals surface area contributed by atoms with Crippen LogP contribution >= 0.6 is 15.9 Å². The van der Waals surface area contributed by atoms with Crippen LogP contribution in [0.3, 0.4) is 0 Å². The molecule has 7 nitrogen and oxygen atoms in total. The van der Waals surface area contributed by atoms with Gasteiger partial charge in [-0.25, -0.2) is 5.43 Å². The number of phenolic OH excluding ortho intramolecular Hbond substituents is 1. The van der Waals surface area contributed by atoms with Crippen LogP contribution in [0, 0.1) is 0 Å². The lowest BCUT2D eigenvalue weighted by molar-refractivity contribution is -0.120. The van der Waals surface area contributed by atoms with Crippen LogP contribution in [0.2, 0.25) is 0 Å². The lowest BCUT2D eigenvalue weighted by atomic mass is 10.2. The lowest BCUT2D eigenvalue weighted by Gasteiger charge is -2.06. The summed E-state index contributed by atoms with van der Waals surface area (Å²) < 4.78 is 5.92. The summed E-state index contributed by atoms with van der Waals surface area (Å²) in [4.78, 5) is 23.8. The van der Waals surface area contributed by atoms with Gasteiger partial charge in [0.05, 0.1) is 24.9 Å². The standard InChI is InChI=1S/C18H18BrN3O4/c1-2-26-16-9-12(7-8-15(16)23)10-21-22-17(24)11-20-18(25)13-5-3-4-6-14(13)19/h3-10,23H,2,11H2,1H3,(H,20,25)(H,22,24)/b21-10+. The van der Waals surface area contributed by atoms with E-state index in [2.05, 4.69) is 31.8 Å². The van der Waals surface area contributed by atoms with Crippen molar-refractivity contribution in [2.45, 2.75) is 6.92 Å². The third-order valence-corrected chi connectivity index (χ3v) is 3.91. The number of halogens is 1. The number of carbonyl (C=O) groups excluding carboxylic acids is 2. The van der Waals surface area contributed by atoms with Gasteiger partial charge in [0.1, 0.15) is 0 Å². The van der Waals surface area contributed by atoms with Crippen molar-refractivity contribution in [3.8, 4) is 11.5 Å². The molecule has 0 spiro atoms. The van der Waals surface area contributed by atoms with Crippen molar-refractivity contribution < 1.29 is 19.4 Å². The molecule has 0 unspecified atom stereocenters. The SMILES string of the molecule is CCOc1cc(/C=N/NC(=O)CNC(=O)c2ccccc2Br)ccc1O. The highest BCUT2D eigenvalue weighted by molar-refractivity contribution is 9.10. The highest BCUT2D eigenvalue weighted by Crippen LogP contribution is 2.26. The molecule has 0 heterocycles. The molecule has 2 rings (SSSR count). The number of ether oxygens (including phenoxy) is 1. The van der Waals surface area contributed by atoms with Gasteiger partial charge in [0.25, 0.3) is 11.8 Å². The van der Waals surface area contributed by atoms with Gasteiger partial charge in [-0.1, -0.05) is 12.1 Å². The van der Waals surface area contributed by atoms with Gasteiger partial charge in [-0.05, 0) is 58.7 Å². The Morgan fingerprint density at radius 1 is 1.27 bits per heavy atom. The monoisotopic (exact) mass is 419 g/mol. The highest BCUT2D eigenvalue weighted by atomic mass is 79.9. The Balaban J connectivity index is 1.85. The molecule has 0 aliphatic heterocycles. The third-order valence-electron chi connectivity index (χ3n) is 3.21. The molecule has 0 aliphatic rings. The second kappa shape index (κ2) is 9.57. The number of hydrazone groups is 1. The zero-order valence-electron chi connectivity index (χ0n) is 14.0. The summed E-state index contributed by atoms with van der Waals surface area (Å²) in [6.45, 7) is 2.02. The average Bonchev–Trinajstić information content (AvgIpc) is 2.63. The van der Waals surface area contributed by atoms with Crippen molar-refractivity contribution >= 4 is 34.0 Å². The van der Waals surface area contributed by atoms with Crippen LogP contribution in [-0.4, -0.2) is 36.3 Å². The normalized spacial score (nSPS) is 10.5. The highest BCUT2D eigenvalue weighted by Gasteiger charge is 2.10. The number of nitrogens with one attached hydrogen (secondary N) is 2. The van der Waals surface area contributed by atoms with Crippen LogP contribution in [0.15, 0.2) is 52.0 Å². The number of benzene rings is 2. The predicted octanol–water partition coefficient (Wildman–Crippen LogP) is 2.43. The summed E-state index contributed by atoms with van der Waals surface area (Å²) >= 11 is 3.28. The molecule has 0 aliphatic carbocycles. The number of aromatic hydroxyl groups is 1. The number of hydrogen-bond acceptors (Lipinski definition) is 5. The van der Waals surface area contributed by atoms with Crippen LogP contribution in [-0.2, 0) is 4.79 Å². The topological polar surface area (TPSA) is 100 Å². The molecule has 8 heteroatoms. The minimum atomic E-state index is -0.467. The maximum Gasteiger partial charge on any atom is 0.259 e. The average molecular weight is 420 g/mol. The van der Waals surface area contributed by atoms with E-state index in [9.17, 15) is 14.7 Å². The van der Waals surface area contributed by atoms with Crippen LogP contribution in [0.1, 0.15) is 22.8 Å². The molecule has 2 aromatic rings. The minimum Gasteiger partial charge on any atom is -0.504 e. The maximum absolute atomic E-state index is 12.0. The van der Waals surface area contributed by atoms with Crippen LogP contribution in [0.5, 0.6) is 11.5 Å². The summed E-state index contributed by atoms with van der Waals surface area (Å²) in [5.41, 5.74) is 3.40. The second-order valence-electron chi connectivity index (χ2n) is 5.12. The lowest BCUT2D eigenvalue weighted by Crippen LogP contribution is -2.35. The molecule has 2 amide bonds. The molecule has 136 valence electrons. The first-order chi connectivity index (χ1) is 12.5. The Morgan fingerprint density at radius 2 is 2.04 bits per heavy atom. The molecule has 0 bridgehead atoms. The zero-order chi connectivity index (χ0) is 18.9. The van der Waals surface area contributed by atoms with Gasteiger partial charge in [0.15, 0.2) is 11.5 Å². The van der Waals surface area contributed by atoms with E-state index < -0.39 is 5.91 Å².